The Kier molecular flexibility index (Phi) is 5.48. The molecule has 0 spiro atoms. The van der Waals surface area contributed by atoms with Gasteiger partial charge < -0.3 is 14.2 Å². The first-order valence-corrected chi connectivity index (χ1v) is 9.83. The molecule has 0 unspecified atom stereocenters. The van der Waals surface area contributed by atoms with Crippen molar-refractivity contribution < 1.29 is 19.0 Å². The molecule has 4 rings (SSSR count). The molecular formula is C20H19N3O4S. The lowest BCUT2D eigenvalue weighted by Crippen LogP contribution is -2.16. The standard InChI is InChI=1S/C20H19N3O4S/c1-13-4-2-3-5-16(13)27-11-19-21-20(23-22-19)28-12-15(24)14-6-7-17-18(10-14)26-9-8-25-17/h2-7,10H,8-9,11-12H2,1H3,(H,21,22,23). The Morgan fingerprint density at radius 2 is 2.00 bits per heavy atom. The second-order valence-electron chi connectivity index (χ2n) is 6.19. The van der Waals surface area contributed by atoms with Gasteiger partial charge in [0.05, 0.1) is 5.75 Å². The molecule has 3 aromatic rings. The van der Waals surface area contributed by atoms with E-state index >= 15 is 0 Å². The van der Waals surface area contributed by atoms with Gasteiger partial charge in [0.2, 0.25) is 5.16 Å². The molecule has 0 saturated heterocycles. The zero-order chi connectivity index (χ0) is 19.3. The molecule has 1 aliphatic heterocycles. The molecule has 7 nitrogen and oxygen atoms in total. The third kappa shape index (κ3) is 4.28. The Bertz CT molecular complexity index is 989. The van der Waals surface area contributed by atoms with Crippen molar-refractivity contribution in [2.75, 3.05) is 19.0 Å². The molecule has 0 bridgehead atoms. The topological polar surface area (TPSA) is 86.3 Å². The van der Waals surface area contributed by atoms with E-state index in [2.05, 4.69) is 15.2 Å². The zero-order valence-electron chi connectivity index (χ0n) is 15.3. The van der Waals surface area contributed by atoms with Crippen molar-refractivity contribution in [2.24, 2.45) is 0 Å². The molecule has 28 heavy (non-hydrogen) atoms. The van der Waals surface area contributed by atoms with Crippen molar-refractivity contribution in [1.82, 2.24) is 15.2 Å². The number of thioether (sulfide) groups is 1. The molecule has 0 amide bonds. The fraction of sp³-hybridized carbons (Fsp3) is 0.250. The summed E-state index contributed by atoms with van der Waals surface area (Å²) in [4.78, 5) is 16.8. The van der Waals surface area contributed by atoms with E-state index in [-0.39, 0.29) is 18.1 Å². The van der Waals surface area contributed by atoms with Crippen molar-refractivity contribution in [3.05, 3.63) is 59.4 Å². The number of fused-ring (bicyclic) bond motifs is 1. The number of Topliss-reactive ketones (excluding diaryl/α,β-unsaturated/α-hetero) is 1. The van der Waals surface area contributed by atoms with Gasteiger partial charge in [0, 0.05) is 5.56 Å². The number of nitrogens with one attached hydrogen (secondary N) is 1. The van der Waals surface area contributed by atoms with Gasteiger partial charge in [-0.05, 0) is 36.8 Å². The number of ether oxygens (including phenoxy) is 3. The second kappa shape index (κ2) is 8.35. The average molecular weight is 397 g/mol. The van der Waals surface area contributed by atoms with Crippen LogP contribution in [0.25, 0.3) is 0 Å². The number of aromatic nitrogens is 3. The number of carbonyl (C=O) groups is 1. The summed E-state index contributed by atoms with van der Waals surface area (Å²) in [5.74, 6) is 2.90. The van der Waals surface area contributed by atoms with E-state index in [9.17, 15) is 4.79 Å². The Hall–Kier alpha value is -3.00. The number of carbonyl (C=O) groups excluding carboxylic acids is 1. The molecule has 144 valence electrons. The van der Waals surface area contributed by atoms with Crippen molar-refractivity contribution >= 4 is 17.5 Å². The summed E-state index contributed by atoms with van der Waals surface area (Å²) < 4.78 is 16.7. The van der Waals surface area contributed by atoms with Gasteiger partial charge in [0.1, 0.15) is 25.6 Å². The third-order valence-electron chi connectivity index (χ3n) is 4.17. The first-order chi connectivity index (χ1) is 13.7. The summed E-state index contributed by atoms with van der Waals surface area (Å²) in [5.41, 5.74) is 1.64. The summed E-state index contributed by atoms with van der Waals surface area (Å²) in [5, 5.41) is 7.49. The summed E-state index contributed by atoms with van der Waals surface area (Å²) in [6, 6.07) is 13.0. The van der Waals surface area contributed by atoms with Crippen LogP contribution in [0, 0.1) is 6.92 Å². The Morgan fingerprint density at radius 3 is 2.86 bits per heavy atom. The fourth-order valence-corrected chi connectivity index (χ4v) is 3.41. The number of H-pyrrole nitrogens is 1. The fourth-order valence-electron chi connectivity index (χ4n) is 2.70. The minimum absolute atomic E-state index is 0.0236. The van der Waals surface area contributed by atoms with Crippen LogP contribution in [0.1, 0.15) is 21.7 Å². The monoisotopic (exact) mass is 397 g/mol. The largest absolute Gasteiger partial charge is 0.486 e. The van der Waals surface area contributed by atoms with E-state index in [1.54, 1.807) is 18.2 Å². The van der Waals surface area contributed by atoms with Crippen molar-refractivity contribution in [2.45, 2.75) is 18.7 Å². The summed E-state index contributed by atoms with van der Waals surface area (Å²) >= 11 is 1.28. The molecular weight excluding hydrogens is 378 g/mol. The molecule has 2 heterocycles. The van der Waals surface area contributed by atoms with Gasteiger partial charge in [0.25, 0.3) is 0 Å². The van der Waals surface area contributed by atoms with Gasteiger partial charge in [-0.2, -0.15) is 0 Å². The average Bonchev–Trinajstić information content (AvgIpc) is 3.19. The van der Waals surface area contributed by atoms with E-state index in [1.807, 2.05) is 31.2 Å². The maximum Gasteiger partial charge on any atom is 0.208 e. The van der Waals surface area contributed by atoms with E-state index in [1.165, 1.54) is 11.8 Å². The molecule has 8 heteroatoms. The first-order valence-electron chi connectivity index (χ1n) is 8.84. The number of ketones is 1. The minimum atomic E-state index is -0.0236. The zero-order valence-corrected chi connectivity index (χ0v) is 16.1. The number of benzene rings is 2. The molecule has 0 fully saturated rings. The van der Waals surface area contributed by atoms with Gasteiger partial charge in [0.15, 0.2) is 23.1 Å². The van der Waals surface area contributed by atoms with Crippen LogP contribution in [0.4, 0.5) is 0 Å². The first kappa shape index (κ1) is 18.4. The highest BCUT2D eigenvalue weighted by Gasteiger charge is 2.16. The molecule has 1 aromatic heterocycles. The second-order valence-corrected chi connectivity index (χ2v) is 7.13. The highest BCUT2D eigenvalue weighted by molar-refractivity contribution is 7.99. The van der Waals surface area contributed by atoms with Gasteiger partial charge in [-0.1, -0.05) is 30.0 Å². The molecule has 1 aliphatic rings. The number of hydrogen-bond donors (Lipinski definition) is 1. The number of nitrogens with zero attached hydrogens (tertiary/aromatic N) is 2. The van der Waals surface area contributed by atoms with Crippen LogP contribution in [-0.4, -0.2) is 39.9 Å². The van der Waals surface area contributed by atoms with Gasteiger partial charge in [-0.25, -0.2) is 4.98 Å². The van der Waals surface area contributed by atoms with Crippen molar-refractivity contribution in [1.29, 1.82) is 0 Å². The van der Waals surface area contributed by atoms with E-state index in [4.69, 9.17) is 14.2 Å². The lowest BCUT2D eigenvalue weighted by Gasteiger charge is -2.18. The summed E-state index contributed by atoms with van der Waals surface area (Å²) in [6.07, 6.45) is 0. The molecule has 0 saturated carbocycles. The highest BCUT2D eigenvalue weighted by atomic mass is 32.2. The summed E-state index contributed by atoms with van der Waals surface area (Å²) in [7, 11) is 0. The minimum Gasteiger partial charge on any atom is -0.486 e. The molecule has 1 N–H and O–H groups in total. The third-order valence-corrected chi connectivity index (χ3v) is 5.01. The van der Waals surface area contributed by atoms with Crippen molar-refractivity contribution in [3.8, 4) is 17.2 Å². The Balaban J connectivity index is 1.32. The predicted octanol–water partition coefficient (Wildman–Crippen LogP) is 3.44. The van der Waals surface area contributed by atoms with Crippen LogP contribution in [0.15, 0.2) is 47.6 Å². The van der Waals surface area contributed by atoms with Crippen LogP contribution in [0.3, 0.4) is 0 Å². The van der Waals surface area contributed by atoms with Crippen LogP contribution < -0.4 is 14.2 Å². The maximum atomic E-state index is 12.5. The predicted molar refractivity (Wildman–Crippen MR) is 104 cm³/mol. The quantitative estimate of drug-likeness (QED) is 0.483. The van der Waals surface area contributed by atoms with Crippen LogP contribution in [0.5, 0.6) is 17.2 Å². The molecule has 0 radical (unpaired) electrons. The number of hydrogen-bond acceptors (Lipinski definition) is 7. The molecule has 0 atom stereocenters. The molecule has 0 aliphatic carbocycles. The van der Waals surface area contributed by atoms with Crippen LogP contribution in [0.2, 0.25) is 0 Å². The van der Waals surface area contributed by atoms with Gasteiger partial charge in [-0.15, -0.1) is 5.10 Å². The van der Waals surface area contributed by atoms with Crippen LogP contribution in [-0.2, 0) is 6.61 Å². The highest BCUT2D eigenvalue weighted by Crippen LogP contribution is 2.31. The number of rotatable bonds is 7. The Morgan fingerprint density at radius 1 is 1.18 bits per heavy atom. The van der Waals surface area contributed by atoms with E-state index in [0.717, 1.165) is 11.3 Å². The van der Waals surface area contributed by atoms with E-state index in [0.29, 0.717) is 41.3 Å². The SMILES string of the molecule is Cc1ccccc1OCc1nc(SCC(=O)c2ccc3c(c2)OCCO3)n[nH]1. The lowest BCUT2D eigenvalue weighted by atomic mass is 10.1. The van der Waals surface area contributed by atoms with Crippen molar-refractivity contribution in [3.63, 3.8) is 0 Å². The summed E-state index contributed by atoms with van der Waals surface area (Å²) in [6.45, 7) is 3.29. The van der Waals surface area contributed by atoms with Gasteiger partial charge >= 0.3 is 0 Å². The number of para-hydroxylation sites is 1. The number of aromatic amines is 1. The Labute approximate surface area is 166 Å². The van der Waals surface area contributed by atoms with E-state index < -0.39 is 0 Å². The molecule has 2 aromatic carbocycles. The number of aryl methyl sites for hydroxylation is 1. The maximum absolute atomic E-state index is 12.5. The smallest absolute Gasteiger partial charge is 0.208 e. The normalized spacial score (nSPS) is 12.6. The lowest BCUT2D eigenvalue weighted by molar-refractivity contribution is 0.102. The van der Waals surface area contributed by atoms with Crippen LogP contribution >= 0.6 is 11.8 Å². The van der Waals surface area contributed by atoms with Gasteiger partial charge in [-0.3, -0.25) is 9.89 Å².